The van der Waals surface area contributed by atoms with Gasteiger partial charge in [-0.25, -0.2) is 0 Å². The standard InChI is InChI=1S/C25H23.C12H9Si.2ClH.Zr/c1-17(2)21-14-13-20-15-18(3)16-24(20)25(21)23-12-8-7-11-22(23)19-9-5-4-6-10-19;1-3-7-11-9(5-1)10-6-2-4-8-12(10)13-11;;;/h4-17H,1-3H3;1-7H,13H2;2*1H;/q;;;;+2/p-2. The Morgan fingerprint density at radius 2 is 1.34 bits per heavy atom. The molecule has 1 atom stereocenters. The Kier molecular flexibility index (Phi) is 7.11. The first-order valence-corrected chi connectivity index (χ1v) is 24.8. The molecule has 1 aliphatic heterocycles. The van der Waals surface area contributed by atoms with E-state index in [1.165, 1.54) is 69.3 Å². The normalized spacial score (nSPS) is 16.0. The van der Waals surface area contributed by atoms with Gasteiger partial charge in [-0.05, 0) is 0 Å². The molecule has 41 heavy (non-hydrogen) atoms. The Bertz CT molecular complexity index is 1840. The van der Waals surface area contributed by atoms with E-state index in [1.807, 2.05) is 0 Å². The fraction of sp³-hybridized carbons (Fsp3) is 0.135. The second-order valence-corrected chi connectivity index (χ2v) is 27.5. The molecule has 4 heteroatoms. The van der Waals surface area contributed by atoms with Crippen LogP contribution in [0.2, 0.25) is 0 Å². The minimum atomic E-state index is -3.97. The molecule has 5 aromatic carbocycles. The molecule has 0 spiro atoms. The Morgan fingerprint density at radius 1 is 0.683 bits per heavy atom. The van der Waals surface area contributed by atoms with Crippen molar-refractivity contribution in [3.8, 4) is 33.4 Å². The molecule has 1 heterocycles. The molecule has 2 aliphatic rings. The Morgan fingerprint density at radius 3 is 2.10 bits per heavy atom. The maximum atomic E-state index is 7.80. The van der Waals surface area contributed by atoms with E-state index in [9.17, 15) is 0 Å². The van der Waals surface area contributed by atoms with E-state index in [2.05, 4.69) is 136 Å². The number of allylic oxidation sites excluding steroid dienone is 1. The van der Waals surface area contributed by atoms with Crippen LogP contribution in [0.15, 0.2) is 115 Å². The van der Waals surface area contributed by atoms with Crippen molar-refractivity contribution in [2.75, 3.05) is 0 Å². The summed E-state index contributed by atoms with van der Waals surface area (Å²) in [5.74, 6) is 0.383. The molecular weight excluding hydrogens is 635 g/mol. The summed E-state index contributed by atoms with van der Waals surface area (Å²) >= 11 is -3.97. The van der Waals surface area contributed by atoms with Crippen LogP contribution in [-0.4, -0.2) is 9.52 Å². The summed E-state index contributed by atoms with van der Waals surface area (Å²) in [4.78, 5) is 0. The topological polar surface area (TPSA) is 0 Å². The third-order valence-corrected chi connectivity index (χ3v) is 23.5. The van der Waals surface area contributed by atoms with Crippen LogP contribution in [-0.2, 0) is 17.9 Å². The van der Waals surface area contributed by atoms with E-state index in [0.29, 0.717) is 5.92 Å². The zero-order valence-electron chi connectivity index (χ0n) is 23.6. The third kappa shape index (κ3) is 4.50. The fourth-order valence-electron chi connectivity index (χ4n) is 7.07. The van der Waals surface area contributed by atoms with Gasteiger partial charge >= 0.3 is 259 Å². The molecule has 0 bridgehead atoms. The van der Waals surface area contributed by atoms with Gasteiger partial charge in [0.05, 0.1) is 0 Å². The van der Waals surface area contributed by atoms with E-state index in [-0.39, 0.29) is 3.63 Å². The van der Waals surface area contributed by atoms with Crippen molar-refractivity contribution in [3.63, 3.8) is 0 Å². The summed E-state index contributed by atoms with van der Waals surface area (Å²) < 4.78 is 1.36. The summed E-state index contributed by atoms with van der Waals surface area (Å²) in [7, 11) is 15.0. The zero-order valence-corrected chi connectivity index (χ0v) is 29.0. The SMILES string of the molecule is CC1=Cc2c(ccc(C(C)C)c2-c2ccccc2-c2ccccc2)[CH]1[Zr]([Cl])([Cl])[c]1cccc2c1[SiH2]c1ccccc1-2. The maximum absolute atomic E-state index is 7.80. The van der Waals surface area contributed by atoms with Gasteiger partial charge in [0.1, 0.15) is 0 Å². The Hall–Kier alpha value is -2.48. The third-order valence-electron chi connectivity index (χ3n) is 8.93. The van der Waals surface area contributed by atoms with Crippen LogP contribution in [0.3, 0.4) is 0 Å². The average molecular weight is 667 g/mol. The number of halogens is 2. The number of fused-ring (bicyclic) bond motifs is 4. The van der Waals surface area contributed by atoms with Gasteiger partial charge in [0, 0.05) is 0 Å². The molecule has 0 nitrogen and oxygen atoms in total. The van der Waals surface area contributed by atoms with Crippen LogP contribution in [0.5, 0.6) is 0 Å². The van der Waals surface area contributed by atoms with Gasteiger partial charge in [-0.1, -0.05) is 0 Å². The molecule has 1 aliphatic carbocycles. The first kappa shape index (κ1) is 27.4. The van der Waals surface area contributed by atoms with Gasteiger partial charge in [-0.2, -0.15) is 0 Å². The summed E-state index contributed by atoms with van der Waals surface area (Å²) in [5.41, 5.74) is 13.1. The molecular formula is C37H32Cl2SiZr. The van der Waals surface area contributed by atoms with Crippen LogP contribution >= 0.6 is 17.0 Å². The van der Waals surface area contributed by atoms with Crippen molar-refractivity contribution in [3.05, 3.63) is 131 Å². The van der Waals surface area contributed by atoms with Gasteiger partial charge in [-0.15, -0.1) is 0 Å². The molecule has 0 N–H and O–H groups in total. The second-order valence-electron chi connectivity index (χ2n) is 11.7. The van der Waals surface area contributed by atoms with Crippen LogP contribution in [0.4, 0.5) is 0 Å². The van der Waals surface area contributed by atoms with Crippen molar-refractivity contribution in [2.45, 2.75) is 30.3 Å². The first-order valence-electron chi connectivity index (χ1n) is 14.4. The molecule has 0 saturated carbocycles. The van der Waals surface area contributed by atoms with Crippen LogP contribution in [0, 0.1) is 0 Å². The first-order chi connectivity index (χ1) is 19.9. The monoisotopic (exact) mass is 664 g/mol. The van der Waals surface area contributed by atoms with Gasteiger partial charge < -0.3 is 0 Å². The Balaban J connectivity index is 1.41. The minimum absolute atomic E-state index is 0.0793. The van der Waals surface area contributed by atoms with Gasteiger partial charge in [0.25, 0.3) is 0 Å². The summed E-state index contributed by atoms with van der Waals surface area (Å²) in [6.07, 6.45) is 2.40. The fourth-order valence-corrected chi connectivity index (χ4v) is 24.2. The van der Waals surface area contributed by atoms with E-state index in [1.54, 1.807) is 0 Å². The molecule has 0 radical (unpaired) electrons. The van der Waals surface area contributed by atoms with E-state index in [0.717, 1.165) is 0 Å². The van der Waals surface area contributed by atoms with Crippen molar-refractivity contribution in [1.82, 2.24) is 0 Å². The van der Waals surface area contributed by atoms with Crippen molar-refractivity contribution in [2.24, 2.45) is 0 Å². The van der Waals surface area contributed by atoms with Crippen LogP contribution in [0.25, 0.3) is 39.5 Å². The molecule has 1 unspecified atom stereocenters. The quantitative estimate of drug-likeness (QED) is 0.162. The van der Waals surface area contributed by atoms with Crippen LogP contribution in [0.1, 0.15) is 47.0 Å². The van der Waals surface area contributed by atoms with Gasteiger partial charge in [0.15, 0.2) is 0 Å². The number of hydrogen-bond acceptors (Lipinski definition) is 0. The predicted octanol–water partition coefficient (Wildman–Crippen LogP) is 8.49. The second kappa shape index (κ2) is 10.7. The molecule has 202 valence electrons. The van der Waals surface area contributed by atoms with E-state index in [4.69, 9.17) is 17.0 Å². The van der Waals surface area contributed by atoms with Crippen molar-refractivity contribution in [1.29, 1.82) is 0 Å². The molecule has 0 fully saturated rings. The summed E-state index contributed by atoms with van der Waals surface area (Å²) in [6, 6.07) is 39.8. The average Bonchev–Trinajstić information content (AvgIpc) is 3.54. The van der Waals surface area contributed by atoms with Gasteiger partial charge in [-0.3, -0.25) is 0 Å². The van der Waals surface area contributed by atoms with Crippen molar-refractivity contribution >= 4 is 46.3 Å². The molecule has 5 aromatic rings. The number of hydrogen-bond donors (Lipinski definition) is 0. The molecule has 0 amide bonds. The van der Waals surface area contributed by atoms with E-state index < -0.39 is 27.4 Å². The van der Waals surface area contributed by atoms with Crippen molar-refractivity contribution < 1.29 is 17.9 Å². The number of rotatable bonds is 5. The van der Waals surface area contributed by atoms with E-state index >= 15 is 0 Å². The molecule has 7 rings (SSSR count). The summed E-state index contributed by atoms with van der Waals surface area (Å²) in [5, 5.41) is 2.98. The van der Waals surface area contributed by atoms with Gasteiger partial charge in [0.2, 0.25) is 0 Å². The van der Waals surface area contributed by atoms with Crippen LogP contribution < -0.4 is 13.6 Å². The zero-order chi connectivity index (χ0) is 28.3. The Labute approximate surface area is 257 Å². The molecule has 0 saturated heterocycles. The molecule has 0 aromatic heterocycles. The predicted molar refractivity (Wildman–Crippen MR) is 179 cm³/mol. The summed E-state index contributed by atoms with van der Waals surface area (Å²) in [6.45, 7) is 6.83. The number of benzene rings is 5.